The molecule has 0 spiro atoms. The number of hydrogen-bond acceptors (Lipinski definition) is 0. The van der Waals surface area contributed by atoms with Gasteiger partial charge in [-0.2, -0.15) is 0 Å². The first kappa shape index (κ1) is 22.9. The molecule has 0 unspecified atom stereocenters. The summed E-state index contributed by atoms with van der Waals surface area (Å²) in [6.45, 7) is 6.59. The van der Waals surface area contributed by atoms with Gasteiger partial charge in [-0.15, -0.1) is 0 Å². The summed E-state index contributed by atoms with van der Waals surface area (Å²) in [7, 11) is 0. The van der Waals surface area contributed by atoms with Crippen LogP contribution in [0.3, 0.4) is 0 Å². The highest BCUT2D eigenvalue weighted by molar-refractivity contribution is 6.05. The molecule has 5 aromatic rings. The third-order valence-corrected chi connectivity index (χ3v) is 6.84. The van der Waals surface area contributed by atoms with Crippen LogP contribution in [0.2, 0.25) is 0 Å². The fraction of sp³-hybridized carbons (Fsp3) is 0.143. The van der Waals surface area contributed by atoms with Crippen LogP contribution in [0, 0.1) is 13.8 Å². The molecule has 35 heavy (non-hydrogen) atoms. The molecule has 0 heterocycles. The predicted octanol–water partition coefficient (Wildman–Crippen LogP) is 10.2. The molecule has 0 heteroatoms. The Bertz CT molecular complexity index is 1540. The van der Waals surface area contributed by atoms with Crippen molar-refractivity contribution in [3.05, 3.63) is 131 Å². The molecule has 0 aliphatic heterocycles. The van der Waals surface area contributed by atoms with E-state index in [1.807, 2.05) is 0 Å². The van der Waals surface area contributed by atoms with Crippen molar-refractivity contribution in [1.29, 1.82) is 0 Å². The predicted molar refractivity (Wildman–Crippen MR) is 155 cm³/mol. The maximum atomic E-state index is 2.37. The van der Waals surface area contributed by atoms with E-state index in [4.69, 9.17) is 0 Å². The van der Waals surface area contributed by atoms with Gasteiger partial charge in [-0.05, 0) is 75.2 Å². The minimum Gasteiger partial charge on any atom is -0.0767 e. The third-order valence-electron chi connectivity index (χ3n) is 6.84. The summed E-state index contributed by atoms with van der Waals surface area (Å²) in [5, 5.41) is 5.17. The highest BCUT2D eigenvalue weighted by Gasteiger charge is 2.12. The van der Waals surface area contributed by atoms with Gasteiger partial charge in [-0.3, -0.25) is 0 Å². The van der Waals surface area contributed by atoms with Crippen LogP contribution in [0.4, 0.5) is 0 Å². The zero-order valence-corrected chi connectivity index (χ0v) is 20.9. The second kappa shape index (κ2) is 10.2. The summed E-state index contributed by atoms with van der Waals surface area (Å²) in [4.78, 5) is 0. The van der Waals surface area contributed by atoms with Crippen LogP contribution in [-0.2, 0) is 0 Å². The van der Waals surface area contributed by atoms with Gasteiger partial charge in [0.2, 0.25) is 0 Å². The van der Waals surface area contributed by atoms with E-state index in [1.165, 1.54) is 60.5 Å². The van der Waals surface area contributed by atoms with Crippen LogP contribution in [0.25, 0.3) is 44.3 Å². The van der Waals surface area contributed by atoms with Crippen LogP contribution in [0.5, 0.6) is 0 Å². The fourth-order valence-corrected chi connectivity index (χ4v) is 4.96. The zero-order valence-electron chi connectivity index (χ0n) is 20.9. The van der Waals surface area contributed by atoms with Gasteiger partial charge in [-0.25, -0.2) is 0 Å². The monoisotopic (exact) mass is 452 g/mol. The first-order valence-corrected chi connectivity index (χ1v) is 12.6. The van der Waals surface area contributed by atoms with E-state index in [0.717, 1.165) is 12.8 Å². The van der Waals surface area contributed by atoms with Gasteiger partial charge in [0.05, 0.1) is 0 Å². The summed E-state index contributed by atoms with van der Waals surface area (Å²) in [6.07, 6.45) is 9.21. The molecule has 5 aromatic carbocycles. The van der Waals surface area contributed by atoms with Crippen molar-refractivity contribution >= 4 is 33.2 Å². The topological polar surface area (TPSA) is 0 Å². The lowest BCUT2D eigenvalue weighted by Crippen LogP contribution is -1.90. The zero-order chi connectivity index (χ0) is 24.2. The smallest absolute Gasteiger partial charge is 0.00759 e. The SMILES string of the molecule is CCC/C=C(\C=C/c1c(-c2cccc3cccc(C)c23)ccc2ccccc12)c1ccc(C)cc1. The number of benzene rings is 5. The Morgan fingerprint density at radius 3 is 2.23 bits per heavy atom. The molecule has 0 bridgehead atoms. The van der Waals surface area contributed by atoms with E-state index in [0.29, 0.717) is 0 Å². The van der Waals surface area contributed by atoms with Crippen LogP contribution < -0.4 is 0 Å². The van der Waals surface area contributed by atoms with Crippen molar-refractivity contribution < 1.29 is 0 Å². The Kier molecular flexibility index (Phi) is 6.64. The number of unbranched alkanes of at least 4 members (excludes halogenated alkanes) is 1. The maximum absolute atomic E-state index is 2.37. The van der Waals surface area contributed by atoms with Crippen LogP contribution in [-0.4, -0.2) is 0 Å². The van der Waals surface area contributed by atoms with E-state index >= 15 is 0 Å². The first-order chi connectivity index (χ1) is 17.2. The molecule has 0 saturated heterocycles. The van der Waals surface area contributed by atoms with Crippen molar-refractivity contribution in [3.63, 3.8) is 0 Å². The highest BCUT2D eigenvalue weighted by atomic mass is 14.2. The van der Waals surface area contributed by atoms with E-state index < -0.39 is 0 Å². The second-order valence-corrected chi connectivity index (χ2v) is 9.37. The summed E-state index contributed by atoms with van der Waals surface area (Å²) in [5.41, 5.74) is 8.98. The second-order valence-electron chi connectivity index (χ2n) is 9.37. The lowest BCUT2D eigenvalue weighted by molar-refractivity contribution is 0.960. The summed E-state index contributed by atoms with van der Waals surface area (Å²) in [6, 6.07) is 35.4. The minimum absolute atomic E-state index is 1.07. The van der Waals surface area contributed by atoms with Crippen LogP contribution >= 0.6 is 0 Å². The van der Waals surface area contributed by atoms with Crippen molar-refractivity contribution in [1.82, 2.24) is 0 Å². The van der Waals surface area contributed by atoms with Gasteiger partial charge < -0.3 is 0 Å². The average molecular weight is 453 g/mol. The Balaban J connectivity index is 1.72. The molecule has 0 aliphatic carbocycles. The van der Waals surface area contributed by atoms with Crippen molar-refractivity contribution in [2.75, 3.05) is 0 Å². The molecule has 0 saturated carbocycles. The number of aryl methyl sites for hydroxylation is 2. The van der Waals surface area contributed by atoms with E-state index in [1.54, 1.807) is 0 Å². The van der Waals surface area contributed by atoms with Gasteiger partial charge in [0, 0.05) is 0 Å². The Hall–Kier alpha value is -3.90. The number of allylic oxidation sites excluding steroid dienone is 3. The molecule has 0 aromatic heterocycles. The summed E-state index contributed by atoms with van der Waals surface area (Å²) < 4.78 is 0. The molecule has 0 atom stereocenters. The van der Waals surface area contributed by atoms with Crippen LogP contribution in [0.15, 0.2) is 109 Å². The fourth-order valence-electron chi connectivity index (χ4n) is 4.96. The van der Waals surface area contributed by atoms with Gasteiger partial charge >= 0.3 is 0 Å². The quantitative estimate of drug-likeness (QED) is 0.225. The van der Waals surface area contributed by atoms with Crippen LogP contribution in [0.1, 0.15) is 42.0 Å². The van der Waals surface area contributed by atoms with E-state index in [9.17, 15) is 0 Å². The Labute approximate surface area is 209 Å². The first-order valence-electron chi connectivity index (χ1n) is 12.6. The molecular formula is C35H32. The minimum atomic E-state index is 1.07. The number of fused-ring (bicyclic) bond motifs is 2. The molecule has 0 nitrogen and oxygen atoms in total. The highest BCUT2D eigenvalue weighted by Crippen LogP contribution is 2.37. The number of rotatable bonds is 6. The lowest BCUT2D eigenvalue weighted by Gasteiger charge is -2.15. The summed E-state index contributed by atoms with van der Waals surface area (Å²) in [5.74, 6) is 0. The Morgan fingerprint density at radius 2 is 1.43 bits per heavy atom. The molecular weight excluding hydrogens is 420 g/mol. The molecule has 0 N–H and O–H groups in total. The lowest BCUT2D eigenvalue weighted by atomic mass is 9.89. The van der Waals surface area contributed by atoms with Crippen molar-refractivity contribution in [3.8, 4) is 11.1 Å². The standard InChI is InChI=1S/C35H32/c1-4-5-11-27(28-19-17-25(2)18-20-28)21-23-32-31-15-7-6-12-29(31)22-24-33(32)34-16-9-14-30-13-8-10-26(3)35(30)34/h6-24H,4-5H2,1-3H3/b23-21-,27-11+. The molecule has 0 radical (unpaired) electrons. The normalized spacial score (nSPS) is 12.1. The molecule has 0 fully saturated rings. The molecule has 0 amide bonds. The number of hydrogen-bond donors (Lipinski definition) is 0. The van der Waals surface area contributed by atoms with Crippen molar-refractivity contribution in [2.45, 2.75) is 33.6 Å². The van der Waals surface area contributed by atoms with Gasteiger partial charge in [0.1, 0.15) is 0 Å². The van der Waals surface area contributed by atoms with Gasteiger partial charge in [-0.1, -0.05) is 134 Å². The van der Waals surface area contributed by atoms with Gasteiger partial charge in [0.15, 0.2) is 0 Å². The molecule has 5 rings (SSSR count). The average Bonchev–Trinajstić information content (AvgIpc) is 2.89. The summed E-state index contributed by atoms with van der Waals surface area (Å²) >= 11 is 0. The third kappa shape index (κ3) is 4.70. The largest absolute Gasteiger partial charge is 0.0767 e. The maximum Gasteiger partial charge on any atom is -0.00759 e. The van der Waals surface area contributed by atoms with Crippen molar-refractivity contribution in [2.24, 2.45) is 0 Å². The van der Waals surface area contributed by atoms with E-state index in [2.05, 4.69) is 136 Å². The van der Waals surface area contributed by atoms with Gasteiger partial charge in [0.25, 0.3) is 0 Å². The van der Waals surface area contributed by atoms with E-state index in [-0.39, 0.29) is 0 Å². The Morgan fingerprint density at radius 1 is 0.686 bits per heavy atom. The molecule has 0 aliphatic rings. The molecule has 172 valence electrons.